The molecule has 1 spiro atoms. The molecule has 0 aromatic carbocycles. The van der Waals surface area contributed by atoms with Gasteiger partial charge in [0.25, 0.3) is 0 Å². The van der Waals surface area contributed by atoms with Crippen molar-refractivity contribution in [3.05, 3.63) is 0 Å². The Kier molecular flexibility index (Phi) is 6.64. The minimum Gasteiger partial charge on any atom is -0.373 e. The van der Waals surface area contributed by atoms with Crippen molar-refractivity contribution in [2.24, 2.45) is 23.2 Å². The number of hydrogen-bond acceptors (Lipinski definition) is 6. The number of amides is 4. The normalized spacial score (nSPS) is 31.9. The fraction of sp³-hybridized carbons (Fsp3) is 0.808. The maximum Gasteiger partial charge on any atom is 0.471 e. The summed E-state index contributed by atoms with van der Waals surface area (Å²) >= 11 is 0. The molecule has 214 valence electrons. The zero-order valence-electron chi connectivity index (χ0n) is 22.1. The fourth-order valence-corrected chi connectivity index (χ4v) is 6.52. The highest BCUT2D eigenvalue weighted by molar-refractivity contribution is 5.95. The molecule has 2 aliphatic heterocycles. The summed E-state index contributed by atoms with van der Waals surface area (Å²) in [5, 5.41) is 17.2. The summed E-state index contributed by atoms with van der Waals surface area (Å²) in [5.74, 6) is -4.56. The molecule has 5 rings (SSSR count). The second kappa shape index (κ2) is 9.35. The molecule has 0 radical (unpaired) electrons. The third-order valence-electron chi connectivity index (χ3n) is 9.21. The van der Waals surface area contributed by atoms with Crippen LogP contribution in [0.25, 0.3) is 0 Å². The molecule has 7 atom stereocenters. The minimum absolute atomic E-state index is 0.0632. The SMILES string of the molecule is C[C@@H](OC1CC1)[C@H](NC(=O)C(F)(F)F)C(=O)N1CC2C(C1C(=O)N[C@H](C#N)C[C@@H]1CC3(CC3)NC1=O)C2(C)C. The van der Waals surface area contributed by atoms with Gasteiger partial charge in [-0.1, -0.05) is 13.8 Å². The summed E-state index contributed by atoms with van der Waals surface area (Å²) in [4.78, 5) is 52.6. The smallest absolute Gasteiger partial charge is 0.373 e. The van der Waals surface area contributed by atoms with Crippen LogP contribution in [0.5, 0.6) is 0 Å². The predicted molar refractivity (Wildman–Crippen MR) is 128 cm³/mol. The van der Waals surface area contributed by atoms with E-state index in [0.29, 0.717) is 19.3 Å². The van der Waals surface area contributed by atoms with Crippen LogP contribution in [-0.4, -0.2) is 77.1 Å². The zero-order chi connectivity index (χ0) is 28.5. The van der Waals surface area contributed by atoms with Crippen LogP contribution < -0.4 is 16.0 Å². The van der Waals surface area contributed by atoms with Crippen molar-refractivity contribution in [3.8, 4) is 6.07 Å². The highest BCUT2D eigenvalue weighted by Gasteiger charge is 2.70. The number of alkyl halides is 3. The third-order valence-corrected chi connectivity index (χ3v) is 9.21. The Bertz CT molecular complexity index is 1110. The van der Waals surface area contributed by atoms with Gasteiger partial charge in [0.1, 0.15) is 18.1 Å². The Morgan fingerprint density at radius 3 is 2.44 bits per heavy atom. The number of nitrogens with one attached hydrogen (secondary N) is 3. The first-order chi connectivity index (χ1) is 18.2. The van der Waals surface area contributed by atoms with Gasteiger partial charge in [-0.25, -0.2) is 0 Å². The Balaban J connectivity index is 1.31. The molecule has 3 saturated carbocycles. The summed E-state index contributed by atoms with van der Waals surface area (Å²) < 4.78 is 44.9. The van der Waals surface area contributed by atoms with Crippen molar-refractivity contribution in [1.82, 2.24) is 20.9 Å². The number of carbonyl (C=O) groups is 4. The second-order valence-electron chi connectivity index (χ2n) is 12.5. The van der Waals surface area contributed by atoms with Gasteiger partial charge in [-0.15, -0.1) is 0 Å². The van der Waals surface area contributed by atoms with Crippen molar-refractivity contribution < 1.29 is 37.1 Å². The van der Waals surface area contributed by atoms with Crippen LogP contribution >= 0.6 is 0 Å². The number of hydrogen-bond donors (Lipinski definition) is 3. The fourth-order valence-electron chi connectivity index (χ4n) is 6.52. The van der Waals surface area contributed by atoms with Gasteiger partial charge in [-0.3, -0.25) is 19.2 Å². The van der Waals surface area contributed by atoms with Gasteiger partial charge in [-0.2, -0.15) is 18.4 Å². The van der Waals surface area contributed by atoms with Crippen molar-refractivity contribution in [1.29, 1.82) is 5.26 Å². The Morgan fingerprint density at radius 1 is 1.23 bits per heavy atom. The van der Waals surface area contributed by atoms with Gasteiger partial charge in [0.2, 0.25) is 17.7 Å². The molecule has 3 unspecified atom stereocenters. The van der Waals surface area contributed by atoms with E-state index in [0.717, 1.165) is 12.8 Å². The van der Waals surface area contributed by atoms with Crippen LogP contribution in [0, 0.1) is 34.5 Å². The molecule has 2 heterocycles. The summed E-state index contributed by atoms with van der Waals surface area (Å²) in [5.41, 5.74) is -0.466. The van der Waals surface area contributed by atoms with Crippen LogP contribution in [0.4, 0.5) is 13.2 Å². The first-order valence-corrected chi connectivity index (χ1v) is 13.5. The number of likely N-dealkylation sites (tertiary alicyclic amines) is 1. The molecule has 3 N–H and O–H groups in total. The van der Waals surface area contributed by atoms with E-state index in [1.165, 1.54) is 11.8 Å². The molecule has 0 aromatic heterocycles. The number of rotatable bonds is 9. The number of ether oxygens (including phenoxy) is 1. The lowest BCUT2D eigenvalue weighted by molar-refractivity contribution is -0.176. The van der Waals surface area contributed by atoms with E-state index in [4.69, 9.17) is 4.74 Å². The number of nitrogens with zero attached hydrogens (tertiary/aromatic N) is 2. The van der Waals surface area contributed by atoms with Crippen LogP contribution in [0.15, 0.2) is 0 Å². The monoisotopic (exact) mass is 553 g/mol. The lowest BCUT2D eigenvalue weighted by Gasteiger charge is -2.35. The molecule has 5 fully saturated rings. The van der Waals surface area contributed by atoms with E-state index in [1.807, 2.05) is 19.9 Å². The van der Waals surface area contributed by atoms with E-state index in [9.17, 15) is 37.6 Å². The van der Waals surface area contributed by atoms with Gasteiger partial charge in [0.05, 0.1) is 18.3 Å². The molecule has 3 aliphatic carbocycles. The summed E-state index contributed by atoms with van der Waals surface area (Å²) in [6, 6.07) is -1.60. The van der Waals surface area contributed by atoms with Gasteiger partial charge in [-0.05, 0) is 62.7 Å². The largest absolute Gasteiger partial charge is 0.471 e. The van der Waals surface area contributed by atoms with Gasteiger partial charge in [0.15, 0.2) is 0 Å². The maximum absolute atomic E-state index is 13.7. The van der Waals surface area contributed by atoms with Crippen molar-refractivity contribution in [3.63, 3.8) is 0 Å². The van der Waals surface area contributed by atoms with Crippen LogP contribution in [-0.2, 0) is 23.9 Å². The van der Waals surface area contributed by atoms with Crippen molar-refractivity contribution in [2.75, 3.05) is 6.54 Å². The van der Waals surface area contributed by atoms with E-state index in [2.05, 4.69) is 10.6 Å². The summed E-state index contributed by atoms with van der Waals surface area (Å²) in [6.07, 6.45) is -2.50. The third kappa shape index (κ3) is 5.32. The Morgan fingerprint density at radius 2 is 1.90 bits per heavy atom. The quantitative estimate of drug-likeness (QED) is 0.391. The Labute approximate surface area is 224 Å². The number of carbonyl (C=O) groups excluding carboxylic acids is 4. The number of halogens is 3. The van der Waals surface area contributed by atoms with E-state index in [-0.39, 0.29) is 47.8 Å². The van der Waals surface area contributed by atoms with Gasteiger partial charge >= 0.3 is 12.1 Å². The van der Waals surface area contributed by atoms with Crippen LogP contribution in [0.1, 0.15) is 59.3 Å². The van der Waals surface area contributed by atoms with Crippen LogP contribution in [0.3, 0.4) is 0 Å². The highest BCUT2D eigenvalue weighted by atomic mass is 19.4. The summed E-state index contributed by atoms with van der Waals surface area (Å²) in [7, 11) is 0. The average Bonchev–Trinajstić information content (AvgIpc) is 3.79. The maximum atomic E-state index is 13.7. The molecule has 0 aromatic rings. The molecule has 13 heteroatoms. The number of piperidine rings is 1. The van der Waals surface area contributed by atoms with E-state index in [1.54, 1.807) is 5.32 Å². The van der Waals surface area contributed by atoms with Gasteiger partial charge < -0.3 is 25.6 Å². The molecule has 10 nitrogen and oxygen atoms in total. The van der Waals surface area contributed by atoms with Crippen LogP contribution in [0.2, 0.25) is 0 Å². The minimum atomic E-state index is -5.20. The topological polar surface area (TPSA) is 141 Å². The Hall–Kier alpha value is -2.88. The van der Waals surface area contributed by atoms with E-state index >= 15 is 0 Å². The second-order valence-corrected chi connectivity index (χ2v) is 12.5. The van der Waals surface area contributed by atoms with Crippen molar-refractivity contribution >= 4 is 23.6 Å². The number of nitriles is 1. The molecule has 4 amide bonds. The molecule has 5 aliphatic rings. The molecular weight excluding hydrogens is 519 g/mol. The molecular formula is C26H34F3N5O5. The van der Waals surface area contributed by atoms with E-state index < -0.39 is 54.0 Å². The predicted octanol–water partition coefficient (Wildman–Crippen LogP) is 1.15. The van der Waals surface area contributed by atoms with Crippen molar-refractivity contribution in [2.45, 2.75) is 101 Å². The highest BCUT2D eigenvalue weighted by Crippen LogP contribution is 2.65. The number of fused-ring (bicyclic) bond motifs is 1. The van der Waals surface area contributed by atoms with Gasteiger partial charge in [0, 0.05) is 18.0 Å². The standard InChI is InChI=1S/C26H34F3N5O5/c1-12(39-15-4-5-15)18(32-23(38)26(27,28)29)22(37)34-11-16-17(24(16,2)3)19(34)21(36)31-14(10-30)8-13-9-25(6-7-25)33-20(13)35/h12-19H,4-9,11H2,1-3H3,(H,31,36)(H,32,38)(H,33,35)/t12-,13-,14+,16?,17?,18+,19?/m1/s1. The lowest BCUT2D eigenvalue weighted by atomic mass is 9.95. The molecule has 2 saturated heterocycles. The summed E-state index contributed by atoms with van der Waals surface area (Å²) in [6.45, 7) is 5.46. The molecule has 0 bridgehead atoms. The zero-order valence-corrected chi connectivity index (χ0v) is 22.1. The first-order valence-electron chi connectivity index (χ1n) is 13.5. The first kappa shape index (κ1) is 27.7. The average molecular weight is 554 g/mol. The molecule has 39 heavy (non-hydrogen) atoms. The lowest BCUT2D eigenvalue weighted by Crippen LogP contribution is -2.60.